The normalized spacial score (nSPS) is 14.1. The van der Waals surface area contributed by atoms with E-state index in [2.05, 4.69) is 32.5 Å². The third kappa shape index (κ3) is 8.19. The number of rotatable bonds is 10. The number of likely N-dealkylation sites (N-methyl/N-ethyl adjacent to an activating group) is 1. The molecule has 0 radical (unpaired) electrons. The van der Waals surface area contributed by atoms with Gasteiger partial charge in [-0.2, -0.15) is 0 Å². The molecule has 0 atom stereocenters. The molecule has 0 aliphatic carbocycles. The number of fused-ring (bicyclic) bond motifs is 1. The molecule has 0 spiro atoms. The molecule has 1 aromatic heterocycles. The molecule has 1 amide bonds. The van der Waals surface area contributed by atoms with Crippen LogP contribution in [0.2, 0.25) is 0 Å². The molecular weight excluding hydrogens is 581 g/mol. The van der Waals surface area contributed by atoms with Crippen LogP contribution < -0.4 is 24.8 Å². The molecule has 1 aliphatic rings. The second kappa shape index (κ2) is 14.9. The van der Waals surface area contributed by atoms with Crippen LogP contribution in [0.3, 0.4) is 0 Å². The van der Waals surface area contributed by atoms with Crippen molar-refractivity contribution in [2.24, 2.45) is 0 Å². The minimum Gasteiger partial charge on any atom is -0.492 e. The summed E-state index contributed by atoms with van der Waals surface area (Å²) in [7, 11) is 3.71. The Morgan fingerprint density at radius 3 is 2.61 bits per heavy atom. The van der Waals surface area contributed by atoms with Gasteiger partial charge in [-0.1, -0.05) is 30.3 Å². The molecule has 1 saturated heterocycles. The first-order valence-electron chi connectivity index (χ1n) is 14.5. The minimum absolute atomic E-state index is 0.00147. The van der Waals surface area contributed by atoms with E-state index >= 15 is 4.39 Å². The van der Waals surface area contributed by atoms with E-state index in [-0.39, 0.29) is 23.2 Å². The summed E-state index contributed by atoms with van der Waals surface area (Å²) in [6, 6.07) is 19.0. The molecule has 230 valence electrons. The molecule has 2 heterocycles. The Balaban J connectivity index is 1.25. The predicted molar refractivity (Wildman–Crippen MR) is 173 cm³/mol. The van der Waals surface area contributed by atoms with Gasteiger partial charge in [-0.25, -0.2) is 4.39 Å². The number of methoxy groups -OCH3 is 1. The van der Waals surface area contributed by atoms with Gasteiger partial charge in [0, 0.05) is 37.6 Å². The number of carbonyl (C=O) groups is 1. The Morgan fingerprint density at radius 2 is 1.82 bits per heavy atom. The Bertz CT molecular complexity index is 1610. The molecule has 4 aromatic rings. The summed E-state index contributed by atoms with van der Waals surface area (Å²) in [5, 5.41) is 6.11. The van der Waals surface area contributed by atoms with Crippen molar-refractivity contribution in [2.75, 3.05) is 58.8 Å². The Labute approximate surface area is 261 Å². The highest BCUT2D eigenvalue weighted by molar-refractivity contribution is 7.80. The number of halogens is 1. The lowest BCUT2D eigenvalue weighted by Crippen LogP contribution is -2.35. The van der Waals surface area contributed by atoms with E-state index in [0.29, 0.717) is 40.4 Å². The molecule has 3 aromatic carbocycles. The van der Waals surface area contributed by atoms with E-state index in [4.69, 9.17) is 26.4 Å². The van der Waals surface area contributed by atoms with Crippen LogP contribution in [0.1, 0.15) is 12.0 Å². The van der Waals surface area contributed by atoms with Crippen molar-refractivity contribution in [3.05, 3.63) is 84.3 Å². The smallest absolute Gasteiger partial charge is 0.230 e. The fraction of sp³-hybridized carbons (Fsp3) is 0.303. The molecule has 44 heavy (non-hydrogen) atoms. The van der Waals surface area contributed by atoms with Crippen molar-refractivity contribution in [1.29, 1.82) is 0 Å². The van der Waals surface area contributed by atoms with Crippen LogP contribution in [-0.2, 0) is 11.2 Å². The zero-order valence-corrected chi connectivity index (χ0v) is 25.7. The van der Waals surface area contributed by atoms with Crippen molar-refractivity contribution < 1.29 is 23.4 Å². The number of carbonyl (C=O) groups excluding carboxylic acids is 1. The summed E-state index contributed by atoms with van der Waals surface area (Å²) in [5.41, 5.74) is 1.85. The highest BCUT2D eigenvalue weighted by Gasteiger charge is 2.18. The van der Waals surface area contributed by atoms with Crippen LogP contribution in [0, 0.1) is 5.82 Å². The average Bonchev–Trinajstić information content (AvgIpc) is 3.22. The van der Waals surface area contributed by atoms with Gasteiger partial charge in [0.2, 0.25) is 5.91 Å². The number of benzene rings is 3. The lowest BCUT2D eigenvalue weighted by atomic mass is 10.1. The first-order valence-corrected chi connectivity index (χ1v) is 14.9. The number of ether oxygens (including phenoxy) is 3. The van der Waals surface area contributed by atoms with Crippen LogP contribution in [0.15, 0.2) is 72.9 Å². The first kappa shape index (κ1) is 31.1. The molecule has 1 aliphatic heterocycles. The number of amides is 1. The van der Waals surface area contributed by atoms with Gasteiger partial charge in [0.15, 0.2) is 28.2 Å². The maximum Gasteiger partial charge on any atom is 0.230 e. The summed E-state index contributed by atoms with van der Waals surface area (Å²) in [5.74, 6) is 0.514. The molecule has 1 fully saturated rings. The second-order valence-corrected chi connectivity index (χ2v) is 11.0. The van der Waals surface area contributed by atoms with Crippen molar-refractivity contribution in [3.63, 3.8) is 0 Å². The number of aromatic nitrogens is 1. The maximum absolute atomic E-state index is 15.2. The Kier molecular flexibility index (Phi) is 10.5. The van der Waals surface area contributed by atoms with Gasteiger partial charge in [-0.3, -0.25) is 14.7 Å². The third-order valence-corrected chi connectivity index (χ3v) is 7.54. The van der Waals surface area contributed by atoms with Crippen LogP contribution in [0.25, 0.3) is 10.9 Å². The summed E-state index contributed by atoms with van der Waals surface area (Å²) in [6.07, 6.45) is 2.91. The summed E-state index contributed by atoms with van der Waals surface area (Å²) < 4.78 is 33.2. The van der Waals surface area contributed by atoms with Crippen molar-refractivity contribution in [1.82, 2.24) is 20.1 Å². The van der Waals surface area contributed by atoms with Gasteiger partial charge in [0.05, 0.1) is 24.4 Å². The molecule has 5 rings (SSSR count). The van der Waals surface area contributed by atoms with Crippen molar-refractivity contribution in [3.8, 4) is 23.0 Å². The van der Waals surface area contributed by atoms with Gasteiger partial charge in [-0.05, 0) is 74.7 Å². The molecular formula is C33H36FN5O4S. The number of hydrogen-bond acceptors (Lipinski definition) is 8. The van der Waals surface area contributed by atoms with Gasteiger partial charge in [0.1, 0.15) is 12.4 Å². The number of nitrogens with zero attached hydrogens (tertiary/aromatic N) is 3. The lowest BCUT2D eigenvalue weighted by Gasteiger charge is -2.21. The standard InChI is InChI=1S/C33H36FN5O4S/c1-38-15-6-16-39(18-17-38)19-20-42-29-12-10-26-31(32(29)41-2)28(13-14-35-26)43-27-11-9-24(22-25(27)34)36-33(44)37-30(40)21-23-7-4-3-5-8-23/h3-5,7-14,22H,6,15-21H2,1-2H3,(H2,36,37,40,44). The average molecular weight is 618 g/mol. The fourth-order valence-corrected chi connectivity index (χ4v) is 5.30. The molecule has 9 nitrogen and oxygen atoms in total. The summed E-state index contributed by atoms with van der Waals surface area (Å²) in [4.78, 5) is 21.5. The predicted octanol–water partition coefficient (Wildman–Crippen LogP) is 5.25. The van der Waals surface area contributed by atoms with E-state index in [1.807, 2.05) is 42.5 Å². The van der Waals surface area contributed by atoms with E-state index in [0.717, 1.165) is 44.7 Å². The highest BCUT2D eigenvalue weighted by atomic mass is 32.1. The molecule has 11 heteroatoms. The highest BCUT2D eigenvalue weighted by Crippen LogP contribution is 2.42. The first-order chi connectivity index (χ1) is 21.4. The van der Waals surface area contributed by atoms with Gasteiger partial charge in [0.25, 0.3) is 0 Å². The number of pyridine rings is 1. The van der Waals surface area contributed by atoms with Crippen LogP contribution in [-0.4, -0.2) is 79.3 Å². The molecule has 0 unspecified atom stereocenters. The van der Waals surface area contributed by atoms with Gasteiger partial charge < -0.3 is 29.7 Å². The number of hydrogen-bond donors (Lipinski definition) is 2. The molecule has 2 N–H and O–H groups in total. The van der Waals surface area contributed by atoms with Crippen molar-refractivity contribution in [2.45, 2.75) is 12.8 Å². The minimum atomic E-state index is -0.618. The summed E-state index contributed by atoms with van der Waals surface area (Å²) in [6.45, 7) is 5.49. The van der Waals surface area contributed by atoms with Gasteiger partial charge in [-0.15, -0.1) is 0 Å². The monoisotopic (exact) mass is 617 g/mol. The quantitative estimate of drug-likeness (QED) is 0.232. The Hall–Kier alpha value is -4.32. The largest absolute Gasteiger partial charge is 0.492 e. The number of anilines is 1. The maximum atomic E-state index is 15.2. The zero-order chi connectivity index (χ0) is 30.9. The lowest BCUT2D eigenvalue weighted by molar-refractivity contribution is -0.119. The van der Waals surface area contributed by atoms with E-state index in [1.54, 1.807) is 25.4 Å². The molecule has 0 bridgehead atoms. The van der Waals surface area contributed by atoms with E-state index < -0.39 is 5.82 Å². The summed E-state index contributed by atoms with van der Waals surface area (Å²) >= 11 is 5.25. The third-order valence-electron chi connectivity index (χ3n) is 7.34. The number of thiocarbonyl (C=S) groups is 1. The SMILES string of the molecule is COc1c(OCCN2CCCN(C)CC2)ccc2nccc(Oc3ccc(NC(=S)NC(=O)Cc4ccccc4)cc3F)c12. The topological polar surface area (TPSA) is 88.2 Å². The van der Waals surface area contributed by atoms with Crippen LogP contribution >= 0.6 is 12.2 Å². The number of nitrogens with one attached hydrogen (secondary N) is 2. The second-order valence-electron chi connectivity index (χ2n) is 10.6. The molecule has 0 saturated carbocycles. The van der Waals surface area contributed by atoms with Gasteiger partial charge >= 0.3 is 0 Å². The zero-order valence-electron chi connectivity index (χ0n) is 24.8. The fourth-order valence-electron chi connectivity index (χ4n) is 5.07. The van der Waals surface area contributed by atoms with E-state index in [9.17, 15) is 4.79 Å². The Morgan fingerprint density at radius 1 is 1.00 bits per heavy atom. The van der Waals surface area contributed by atoms with Crippen molar-refractivity contribution >= 4 is 39.8 Å². The van der Waals surface area contributed by atoms with Crippen LogP contribution in [0.4, 0.5) is 10.1 Å². The van der Waals surface area contributed by atoms with Crippen LogP contribution in [0.5, 0.6) is 23.0 Å². The van der Waals surface area contributed by atoms with E-state index in [1.165, 1.54) is 12.1 Å².